The van der Waals surface area contributed by atoms with Gasteiger partial charge in [-0.1, -0.05) is 55.2 Å². The molecule has 0 N–H and O–H groups in total. The van der Waals surface area contributed by atoms with Gasteiger partial charge in [-0.05, 0) is 37.1 Å². The molecule has 0 spiro atoms. The van der Waals surface area contributed by atoms with Crippen LogP contribution in [0.2, 0.25) is 0 Å². The van der Waals surface area contributed by atoms with Gasteiger partial charge in [0.15, 0.2) is 16.3 Å². The van der Waals surface area contributed by atoms with Gasteiger partial charge >= 0.3 is 11.9 Å². The molecule has 2 aliphatic heterocycles. The monoisotopic (exact) mass is 587 g/mol. The smallest absolute Gasteiger partial charge is 0.338 e. The number of amides is 1. The van der Waals surface area contributed by atoms with Crippen molar-refractivity contribution in [2.75, 3.05) is 25.2 Å². The molecule has 1 aromatic heterocycles. The maximum absolute atomic E-state index is 14.3. The van der Waals surface area contributed by atoms with Crippen LogP contribution in [0.25, 0.3) is 5.57 Å². The van der Waals surface area contributed by atoms with Crippen LogP contribution in [0.15, 0.2) is 76.2 Å². The number of esters is 2. The van der Waals surface area contributed by atoms with Crippen LogP contribution in [-0.4, -0.2) is 42.7 Å². The van der Waals surface area contributed by atoms with Crippen molar-refractivity contribution in [1.29, 1.82) is 0 Å². The van der Waals surface area contributed by atoms with Crippen molar-refractivity contribution in [2.24, 2.45) is 4.99 Å². The lowest BCUT2D eigenvalue weighted by Crippen LogP contribution is -2.41. The third-order valence-electron chi connectivity index (χ3n) is 6.90. The van der Waals surface area contributed by atoms with Crippen LogP contribution in [0.3, 0.4) is 0 Å². The predicted octanol–water partition coefficient (Wildman–Crippen LogP) is 3.03. The summed E-state index contributed by atoms with van der Waals surface area (Å²) in [6.07, 6.45) is 2.19. The molecule has 0 aliphatic carbocycles. The minimum absolute atomic E-state index is 0.0375. The summed E-state index contributed by atoms with van der Waals surface area (Å²) in [6, 6.07) is 11.2. The number of rotatable bonds is 8. The number of nitrogens with zero attached hydrogens (tertiary/aromatic N) is 3. The van der Waals surface area contributed by atoms with Crippen molar-refractivity contribution >= 4 is 40.4 Å². The molecule has 5 rings (SSSR count). The van der Waals surface area contributed by atoms with Crippen molar-refractivity contribution in [3.05, 3.63) is 97.2 Å². The largest absolute Gasteiger partial charge is 0.493 e. The molecule has 11 heteroatoms. The van der Waals surface area contributed by atoms with Gasteiger partial charge in [0.1, 0.15) is 11.1 Å². The van der Waals surface area contributed by atoms with Crippen molar-refractivity contribution in [1.82, 2.24) is 4.57 Å². The van der Waals surface area contributed by atoms with Crippen molar-refractivity contribution < 1.29 is 28.6 Å². The number of benzene rings is 2. The first-order valence-corrected chi connectivity index (χ1v) is 14.1. The Labute approximate surface area is 245 Å². The molecule has 2 aromatic carbocycles. The maximum atomic E-state index is 14.3. The first-order valence-electron chi connectivity index (χ1n) is 13.3. The topological polar surface area (TPSA) is 117 Å². The fourth-order valence-electron chi connectivity index (χ4n) is 5.20. The van der Waals surface area contributed by atoms with Gasteiger partial charge in [0.05, 0.1) is 35.7 Å². The normalized spacial score (nSPS) is 16.9. The molecule has 0 saturated heterocycles. The number of methoxy groups -OCH3 is 1. The molecule has 42 heavy (non-hydrogen) atoms. The predicted molar refractivity (Wildman–Crippen MR) is 157 cm³/mol. The number of thiazole rings is 1. The third kappa shape index (κ3) is 4.85. The Kier molecular flexibility index (Phi) is 7.95. The number of allylic oxidation sites excluding steroid dienone is 1. The van der Waals surface area contributed by atoms with E-state index in [1.165, 1.54) is 30.7 Å². The van der Waals surface area contributed by atoms with E-state index in [4.69, 9.17) is 14.2 Å². The lowest BCUT2D eigenvalue weighted by molar-refractivity contribution is -0.138. The highest BCUT2D eigenvalue weighted by Crippen LogP contribution is 2.37. The van der Waals surface area contributed by atoms with Gasteiger partial charge in [-0.3, -0.25) is 19.0 Å². The third-order valence-corrected chi connectivity index (χ3v) is 7.96. The number of carbonyl (C=O) groups is 3. The number of fused-ring (bicyclic) bond motifs is 2. The van der Waals surface area contributed by atoms with Crippen molar-refractivity contribution in [3.63, 3.8) is 0 Å². The average molecular weight is 588 g/mol. The number of aromatic nitrogens is 1. The van der Waals surface area contributed by atoms with Gasteiger partial charge in [0.2, 0.25) is 0 Å². The van der Waals surface area contributed by atoms with E-state index in [-0.39, 0.29) is 34.1 Å². The molecule has 3 aromatic rings. The van der Waals surface area contributed by atoms with Crippen molar-refractivity contribution in [3.8, 4) is 11.5 Å². The molecule has 3 heterocycles. The van der Waals surface area contributed by atoms with Gasteiger partial charge < -0.3 is 19.1 Å². The molecule has 0 radical (unpaired) electrons. The van der Waals surface area contributed by atoms with E-state index >= 15 is 0 Å². The minimum Gasteiger partial charge on any atom is -0.493 e. The fourth-order valence-corrected chi connectivity index (χ4v) is 6.34. The molecule has 1 amide bonds. The van der Waals surface area contributed by atoms with Gasteiger partial charge in [0.25, 0.3) is 11.5 Å². The summed E-state index contributed by atoms with van der Waals surface area (Å²) in [6.45, 7) is 9.00. The van der Waals surface area contributed by atoms with Gasteiger partial charge in [0, 0.05) is 19.0 Å². The van der Waals surface area contributed by atoms with Crippen molar-refractivity contribution in [2.45, 2.75) is 33.2 Å². The second-order valence-corrected chi connectivity index (χ2v) is 10.6. The van der Waals surface area contributed by atoms with Crippen LogP contribution in [0.5, 0.6) is 11.5 Å². The number of hydrogen-bond acceptors (Lipinski definition) is 9. The summed E-state index contributed by atoms with van der Waals surface area (Å²) in [5.74, 6) is -1.04. The highest BCUT2D eigenvalue weighted by Gasteiger charge is 2.37. The van der Waals surface area contributed by atoms with E-state index in [9.17, 15) is 19.2 Å². The van der Waals surface area contributed by atoms with Crippen LogP contribution in [-0.2, 0) is 19.1 Å². The van der Waals surface area contributed by atoms with Gasteiger partial charge in [-0.15, -0.1) is 0 Å². The second kappa shape index (κ2) is 11.6. The summed E-state index contributed by atoms with van der Waals surface area (Å²) in [4.78, 5) is 59.6. The molecule has 0 saturated carbocycles. The quantitative estimate of drug-likeness (QED) is 0.226. The fraction of sp³-hybridized carbons (Fsp3) is 0.258. The molecule has 1 atom stereocenters. The van der Waals surface area contributed by atoms with Crippen LogP contribution < -0.4 is 29.3 Å². The molecular weight excluding hydrogens is 558 g/mol. The summed E-state index contributed by atoms with van der Waals surface area (Å²) in [7, 11) is 1.42. The molecule has 216 valence electrons. The standard InChI is InChI=1S/C31H29N3O7S/c1-6-14-33-21-11-9-8-10-20(21)25(28(33)36)27-29(37)34-26(19-12-13-22(41-18(4)35)23(16-19)39-5)24(30(38)40-15-7-2)17(3)32-31(34)42-27/h7-13,16,26H,2,6,14-15H2,1,3-5H3/b27-25-. The van der Waals surface area contributed by atoms with E-state index in [0.717, 1.165) is 23.4 Å². The van der Waals surface area contributed by atoms with Crippen LogP contribution in [0.1, 0.15) is 44.4 Å². The second-order valence-electron chi connectivity index (χ2n) is 9.64. The molecule has 0 fully saturated rings. The molecule has 1 unspecified atom stereocenters. The average Bonchev–Trinajstić information content (AvgIpc) is 3.43. The number of hydrogen-bond donors (Lipinski definition) is 0. The van der Waals surface area contributed by atoms with Gasteiger partial charge in [-0.2, -0.15) is 0 Å². The summed E-state index contributed by atoms with van der Waals surface area (Å²) < 4.78 is 17.8. The number of carbonyl (C=O) groups excluding carboxylic acids is 3. The Hall–Kier alpha value is -4.77. The zero-order chi connectivity index (χ0) is 30.1. The molecule has 2 aliphatic rings. The Balaban J connectivity index is 1.78. The number of ether oxygens (including phenoxy) is 3. The summed E-state index contributed by atoms with van der Waals surface area (Å²) in [5, 5.41) is 0. The number of anilines is 1. The van der Waals surface area contributed by atoms with Crippen LogP contribution in [0, 0.1) is 0 Å². The van der Waals surface area contributed by atoms with Crippen LogP contribution in [0.4, 0.5) is 5.69 Å². The highest BCUT2D eigenvalue weighted by atomic mass is 32.1. The van der Waals surface area contributed by atoms with Gasteiger partial charge in [-0.25, -0.2) is 9.79 Å². The van der Waals surface area contributed by atoms with Crippen LogP contribution >= 0.6 is 11.3 Å². The maximum Gasteiger partial charge on any atom is 0.338 e. The zero-order valence-electron chi connectivity index (χ0n) is 23.6. The Bertz CT molecular complexity index is 1850. The lowest BCUT2D eigenvalue weighted by Gasteiger charge is -2.25. The Morgan fingerprint density at radius 3 is 2.60 bits per heavy atom. The zero-order valence-corrected chi connectivity index (χ0v) is 24.4. The minimum atomic E-state index is -0.966. The first-order chi connectivity index (χ1) is 20.2. The Morgan fingerprint density at radius 1 is 1.14 bits per heavy atom. The van der Waals surface area contributed by atoms with E-state index in [1.807, 2.05) is 31.2 Å². The van der Waals surface area contributed by atoms with E-state index in [0.29, 0.717) is 33.7 Å². The lowest BCUT2D eigenvalue weighted by atomic mass is 9.95. The van der Waals surface area contributed by atoms with E-state index in [1.54, 1.807) is 24.0 Å². The first kappa shape index (κ1) is 28.7. The molecular formula is C31H29N3O7S. The highest BCUT2D eigenvalue weighted by molar-refractivity contribution is 7.07. The summed E-state index contributed by atoms with van der Waals surface area (Å²) in [5.41, 5.74) is 2.26. The summed E-state index contributed by atoms with van der Waals surface area (Å²) >= 11 is 1.10. The number of para-hydroxylation sites is 1. The van der Waals surface area contributed by atoms with E-state index < -0.39 is 23.5 Å². The molecule has 10 nitrogen and oxygen atoms in total. The molecule has 0 bridgehead atoms. The SMILES string of the molecule is C=CCOC(=O)C1=C(C)N=c2s/c(=C3\C(=O)N(CCC)c4ccccc43)c(=O)n2C1c1ccc(OC(C)=O)c(OC)c1. The van der Waals surface area contributed by atoms with E-state index in [2.05, 4.69) is 11.6 Å². The Morgan fingerprint density at radius 2 is 1.90 bits per heavy atom.